The molecule has 3 aliphatic rings. The average Bonchev–Trinajstić information content (AvgIpc) is 3.44. The van der Waals surface area contributed by atoms with Crippen molar-refractivity contribution in [2.75, 3.05) is 6.54 Å². The zero-order valence-electron chi connectivity index (χ0n) is 15.4. The van der Waals surface area contributed by atoms with Gasteiger partial charge in [0.15, 0.2) is 0 Å². The van der Waals surface area contributed by atoms with Crippen LogP contribution in [0.3, 0.4) is 0 Å². The Balaban J connectivity index is 0.00000210. The van der Waals surface area contributed by atoms with E-state index >= 15 is 0 Å². The van der Waals surface area contributed by atoms with Gasteiger partial charge in [0.25, 0.3) is 0 Å². The predicted octanol–water partition coefficient (Wildman–Crippen LogP) is 4.63. The lowest BCUT2D eigenvalue weighted by atomic mass is 10.0. The number of fused-ring (bicyclic) bond motifs is 1. The molecule has 1 fully saturated rings. The van der Waals surface area contributed by atoms with Gasteiger partial charge < -0.3 is 5.32 Å². The van der Waals surface area contributed by atoms with Crippen LogP contribution >= 0.6 is 0 Å². The summed E-state index contributed by atoms with van der Waals surface area (Å²) in [6, 6.07) is 4.05. The van der Waals surface area contributed by atoms with Crippen LogP contribution < -0.4 is 5.32 Å². The van der Waals surface area contributed by atoms with Crippen LogP contribution in [0.5, 0.6) is 0 Å². The first-order valence-corrected chi connectivity index (χ1v) is 9.65. The molecule has 1 amide bonds. The molecule has 0 aliphatic heterocycles. The van der Waals surface area contributed by atoms with Crippen molar-refractivity contribution in [3.63, 3.8) is 0 Å². The van der Waals surface area contributed by atoms with Crippen LogP contribution in [-0.2, 0) is 11.2 Å². The van der Waals surface area contributed by atoms with E-state index in [1.807, 2.05) is 18.3 Å². The van der Waals surface area contributed by atoms with Crippen molar-refractivity contribution in [1.29, 1.82) is 0 Å². The Kier molecular flexibility index (Phi) is 4.87. The monoisotopic (exact) mass is 348 g/mol. The van der Waals surface area contributed by atoms with Crippen molar-refractivity contribution < 1.29 is 6.22 Å². The molecule has 3 heteroatoms. The smallest absolute Gasteiger partial charge is 0.224 e. The van der Waals surface area contributed by atoms with E-state index in [-0.39, 0.29) is 7.33 Å². The van der Waals surface area contributed by atoms with Gasteiger partial charge in [0.2, 0.25) is 5.91 Å². The van der Waals surface area contributed by atoms with Crippen molar-refractivity contribution in [3.05, 3.63) is 71.1 Å². The second kappa shape index (κ2) is 7.45. The SMILES string of the molecule is CC1=CCCCC(CNC(=O)Cc2ccc(C3=CC4CC4C=C3)nc2)=C1.[HH]. The lowest BCUT2D eigenvalue weighted by Crippen LogP contribution is -2.27. The summed E-state index contributed by atoms with van der Waals surface area (Å²) in [5.41, 5.74) is 5.79. The molecular weight excluding hydrogens is 320 g/mol. The van der Waals surface area contributed by atoms with Crippen molar-refractivity contribution in [3.8, 4) is 0 Å². The quantitative estimate of drug-likeness (QED) is 0.843. The molecule has 2 unspecified atom stereocenters. The summed E-state index contributed by atoms with van der Waals surface area (Å²) in [7, 11) is 0. The van der Waals surface area contributed by atoms with Gasteiger partial charge in [0, 0.05) is 14.2 Å². The van der Waals surface area contributed by atoms with E-state index in [1.54, 1.807) is 0 Å². The number of rotatable bonds is 5. The first-order chi connectivity index (χ1) is 12.7. The third kappa shape index (κ3) is 4.21. The van der Waals surface area contributed by atoms with E-state index in [1.165, 1.54) is 23.1 Å². The molecule has 1 N–H and O–H groups in total. The lowest BCUT2D eigenvalue weighted by molar-refractivity contribution is -0.120. The Morgan fingerprint density at radius 2 is 2.27 bits per heavy atom. The molecule has 1 heterocycles. The topological polar surface area (TPSA) is 42.0 Å². The molecule has 1 aromatic rings. The number of hydrogen-bond donors (Lipinski definition) is 1. The van der Waals surface area contributed by atoms with Gasteiger partial charge >= 0.3 is 0 Å². The van der Waals surface area contributed by atoms with Crippen LogP contribution in [0.1, 0.15) is 45.3 Å². The van der Waals surface area contributed by atoms with Gasteiger partial charge in [0.05, 0.1) is 12.1 Å². The number of aromatic nitrogens is 1. The molecule has 4 rings (SSSR count). The fourth-order valence-electron chi connectivity index (χ4n) is 3.74. The highest BCUT2D eigenvalue weighted by Gasteiger charge is 2.35. The van der Waals surface area contributed by atoms with Crippen molar-refractivity contribution in [2.24, 2.45) is 11.8 Å². The molecule has 0 spiro atoms. The Morgan fingerprint density at radius 3 is 3.08 bits per heavy atom. The second-order valence-electron chi connectivity index (χ2n) is 7.69. The largest absolute Gasteiger partial charge is 0.352 e. The second-order valence-corrected chi connectivity index (χ2v) is 7.69. The van der Waals surface area contributed by atoms with Crippen molar-refractivity contribution in [1.82, 2.24) is 10.3 Å². The third-order valence-electron chi connectivity index (χ3n) is 5.41. The predicted molar refractivity (Wildman–Crippen MR) is 107 cm³/mol. The highest BCUT2D eigenvalue weighted by atomic mass is 16.1. The van der Waals surface area contributed by atoms with E-state index in [4.69, 9.17) is 0 Å². The minimum atomic E-state index is 0. The summed E-state index contributed by atoms with van der Waals surface area (Å²) in [6.45, 7) is 2.77. The number of nitrogens with zero attached hydrogens (tertiary/aromatic N) is 1. The van der Waals surface area contributed by atoms with Crippen molar-refractivity contribution >= 4 is 11.5 Å². The molecule has 3 nitrogen and oxygen atoms in total. The fraction of sp³-hybridized carbons (Fsp3) is 0.391. The summed E-state index contributed by atoms with van der Waals surface area (Å²) in [6.07, 6.45) is 18.1. The third-order valence-corrected chi connectivity index (χ3v) is 5.41. The number of carbonyl (C=O) groups is 1. The molecule has 0 bridgehead atoms. The van der Waals surface area contributed by atoms with Gasteiger partial charge in [-0.15, -0.1) is 0 Å². The Hall–Kier alpha value is -2.42. The molecule has 0 saturated heterocycles. The standard InChI is InChI=1S/C23H26N2O.H2/c1-16-4-2-3-5-17(10-16)15-25-23(26)11-18-6-9-22(24-14-18)20-8-7-19-12-21(19)13-20;/h4,6-10,13-14,19,21H,2-3,5,11-12,15H2,1H3,(H,25,26);1H. The zero-order valence-corrected chi connectivity index (χ0v) is 15.4. The Morgan fingerprint density at radius 1 is 1.35 bits per heavy atom. The highest BCUT2D eigenvalue weighted by molar-refractivity contribution is 5.79. The van der Waals surface area contributed by atoms with Gasteiger partial charge in [-0.2, -0.15) is 0 Å². The number of hydrogen-bond acceptors (Lipinski definition) is 2. The summed E-state index contributed by atoms with van der Waals surface area (Å²) in [5, 5.41) is 3.05. The molecule has 136 valence electrons. The molecule has 3 aliphatic carbocycles. The zero-order chi connectivity index (χ0) is 17.9. The van der Waals surface area contributed by atoms with Crippen LogP contribution in [-0.4, -0.2) is 17.4 Å². The highest BCUT2D eigenvalue weighted by Crippen LogP contribution is 2.45. The van der Waals surface area contributed by atoms with Crippen LogP contribution in [0.4, 0.5) is 0 Å². The van der Waals surface area contributed by atoms with Gasteiger partial charge in [-0.3, -0.25) is 9.78 Å². The number of carbonyl (C=O) groups excluding carboxylic acids is 1. The summed E-state index contributed by atoms with van der Waals surface area (Å²) in [4.78, 5) is 16.8. The first kappa shape index (κ1) is 17.0. The van der Waals surface area contributed by atoms with Gasteiger partial charge in [-0.05, 0) is 61.6 Å². The lowest BCUT2D eigenvalue weighted by Gasteiger charge is -2.09. The van der Waals surface area contributed by atoms with Gasteiger partial charge in [0.1, 0.15) is 0 Å². The molecule has 0 aromatic carbocycles. The molecule has 1 saturated carbocycles. The molecule has 26 heavy (non-hydrogen) atoms. The first-order valence-electron chi connectivity index (χ1n) is 9.65. The van der Waals surface area contributed by atoms with E-state index in [0.29, 0.717) is 13.0 Å². The summed E-state index contributed by atoms with van der Waals surface area (Å²) >= 11 is 0. The summed E-state index contributed by atoms with van der Waals surface area (Å²) < 4.78 is 0. The van der Waals surface area contributed by atoms with Crippen LogP contribution in [0.15, 0.2) is 59.9 Å². The average molecular weight is 348 g/mol. The Labute approximate surface area is 157 Å². The number of amides is 1. The van der Waals surface area contributed by atoms with E-state index in [2.05, 4.69) is 47.6 Å². The Bertz CT molecular complexity index is 817. The molecular formula is C23H28N2O. The van der Waals surface area contributed by atoms with E-state index in [9.17, 15) is 4.79 Å². The molecule has 2 atom stereocenters. The number of pyridine rings is 1. The van der Waals surface area contributed by atoms with Gasteiger partial charge in [-0.1, -0.05) is 47.6 Å². The van der Waals surface area contributed by atoms with Crippen molar-refractivity contribution in [2.45, 2.75) is 39.0 Å². The number of nitrogens with one attached hydrogen (secondary N) is 1. The minimum Gasteiger partial charge on any atom is -0.352 e. The van der Waals surface area contributed by atoms with E-state index in [0.717, 1.165) is 42.4 Å². The molecule has 1 aromatic heterocycles. The maximum absolute atomic E-state index is 12.3. The van der Waals surface area contributed by atoms with E-state index < -0.39 is 0 Å². The molecule has 0 radical (unpaired) electrons. The minimum absolute atomic E-state index is 0. The summed E-state index contributed by atoms with van der Waals surface area (Å²) in [5.74, 6) is 1.55. The van der Waals surface area contributed by atoms with Crippen LogP contribution in [0.2, 0.25) is 0 Å². The normalized spacial score (nSPS) is 24.0. The maximum Gasteiger partial charge on any atom is 0.224 e. The number of allylic oxidation sites excluding steroid dienone is 7. The van der Waals surface area contributed by atoms with Crippen LogP contribution in [0, 0.1) is 11.8 Å². The van der Waals surface area contributed by atoms with Crippen LogP contribution in [0.25, 0.3) is 5.57 Å². The fourth-order valence-corrected chi connectivity index (χ4v) is 3.74. The maximum atomic E-state index is 12.3. The van der Waals surface area contributed by atoms with Gasteiger partial charge in [-0.25, -0.2) is 0 Å².